The molecule has 0 saturated heterocycles. The summed E-state index contributed by atoms with van der Waals surface area (Å²) >= 11 is 0. The highest BCUT2D eigenvalue weighted by Crippen LogP contribution is 1.88. The van der Waals surface area contributed by atoms with Gasteiger partial charge in [0.05, 0.1) is 12.4 Å². The minimum atomic E-state index is -3.92. The maximum atomic E-state index is 9.63. The second-order valence-electron chi connectivity index (χ2n) is 2.53. The molecule has 0 radical (unpaired) electrons. The van der Waals surface area contributed by atoms with E-state index in [1.54, 1.807) is 12.4 Å². The van der Waals surface area contributed by atoms with Gasteiger partial charge in [0, 0.05) is 12.4 Å². The van der Waals surface area contributed by atoms with Gasteiger partial charge in [-0.2, -0.15) is 8.42 Å². The minimum Gasteiger partial charge on any atom is -0.395 e. The second-order valence-corrected chi connectivity index (χ2v) is 4.11. The van der Waals surface area contributed by atoms with Crippen LogP contribution in [0.4, 0.5) is 0 Å². The van der Waals surface area contributed by atoms with Crippen molar-refractivity contribution >= 4 is 10.1 Å². The van der Waals surface area contributed by atoms with Crippen LogP contribution >= 0.6 is 0 Å². The molecule has 1 rings (SSSR count). The van der Waals surface area contributed by atoms with Crippen molar-refractivity contribution < 1.29 is 18.1 Å². The number of rotatable bonds is 2. The van der Waals surface area contributed by atoms with Crippen LogP contribution in [0.25, 0.3) is 0 Å². The summed E-state index contributed by atoms with van der Waals surface area (Å²) in [7, 11) is -3.92. The molecule has 0 atom stereocenters. The van der Waals surface area contributed by atoms with Gasteiger partial charge in [-0.1, -0.05) is 0 Å². The van der Waals surface area contributed by atoms with Gasteiger partial charge in [0.15, 0.2) is 0 Å². The van der Waals surface area contributed by atoms with Crippen LogP contribution in [0.3, 0.4) is 0 Å². The van der Waals surface area contributed by atoms with Crippen molar-refractivity contribution in [2.75, 3.05) is 12.4 Å². The molecule has 80 valence electrons. The van der Waals surface area contributed by atoms with Crippen molar-refractivity contribution in [1.29, 1.82) is 0 Å². The van der Waals surface area contributed by atoms with E-state index < -0.39 is 22.5 Å². The van der Waals surface area contributed by atoms with Gasteiger partial charge >= 0.3 is 0 Å². The molecule has 2 N–H and O–H groups in total. The molecule has 6 heteroatoms. The zero-order valence-corrected chi connectivity index (χ0v) is 8.61. The van der Waals surface area contributed by atoms with Gasteiger partial charge in [-0.3, -0.25) is 9.54 Å². The molecule has 0 spiro atoms. The van der Waals surface area contributed by atoms with Gasteiger partial charge in [-0.25, -0.2) is 0 Å². The number of aliphatic hydroxyl groups excluding tert-OH is 1. The number of aliphatic hydroxyl groups is 1. The normalized spacial score (nSPS) is 10.2. The summed E-state index contributed by atoms with van der Waals surface area (Å²) in [6, 6.07) is 3.94. The van der Waals surface area contributed by atoms with Crippen LogP contribution in [-0.4, -0.2) is 35.4 Å². The molecule has 0 aromatic carbocycles. The lowest BCUT2D eigenvalue weighted by Crippen LogP contribution is -2.06. The van der Waals surface area contributed by atoms with Crippen molar-refractivity contribution in [3.63, 3.8) is 0 Å². The monoisotopic (exact) mass is 219 g/mol. The topological polar surface area (TPSA) is 87.5 Å². The Labute approximate surface area is 83.2 Å². The third-order valence-electron chi connectivity index (χ3n) is 1.20. The van der Waals surface area contributed by atoms with Crippen LogP contribution < -0.4 is 0 Å². The number of hydrogen-bond acceptors (Lipinski definition) is 4. The summed E-state index contributed by atoms with van der Waals surface area (Å²) in [4.78, 5) is 3.85. The maximum absolute atomic E-state index is 9.63. The predicted molar refractivity (Wildman–Crippen MR) is 52.5 cm³/mol. The van der Waals surface area contributed by atoms with Crippen molar-refractivity contribution in [3.8, 4) is 0 Å². The van der Waals surface area contributed by atoms with Crippen LogP contribution in [0.5, 0.6) is 0 Å². The maximum Gasteiger partial charge on any atom is 0.267 e. The van der Waals surface area contributed by atoms with Crippen LogP contribution in [0.15, 0.2) is 24.5 Å². The SMILES string of the molecule is Cc1ccncc1.O=S(=O)(O)CCO. The molecule has 1 aromatic rings. The van der Waals surface area contributed by atoms with Gasteiger partial charge in [0.1, 0.15) is 0 Å². The van der Waals surface area contributed by atoms with Gasteiger partial charge < -0.3 is 5.11 Å². The molecule has 0 aliphatic carbocycles. The molecule has 1 aromatic heterocycles. The molecular formula is C8H13NO4S. The Bertz CT molecular complexity index is 336. The van der Waals surface area contributed by atoms with Crippen LogP contribution in [0, 0.1) is 6.92 Å². The smallest absolute Gasteiger partial charge is 0.267 e. The number of aromatic nitrogens is 1. The average Bonchev–Trinajstić information content (AvgIpc) is 2.04. The second kappa shape index (κ2) is 6.47. The van der Waals surface area contributed by atoms with Crippen molar-refractivity contribution in [1.82, 2.24) is 4.98 Å². The van der Waals surface area contributed by atoms with Gasteiger partial charge in [0.2, 0.25) is 0 Å². The first-order valence-corrected chi connectivity index (χ1v) is 5.49. The summed E-state index contributed by atoms with van der Waals surface area (Å²) in [6.45, 7) is 1.51. The lowest BCUT2D eigenvalue weighted by atomic mass is 10.3. The Kier molecular flexibility index (Phi) is 6.02. The summed E-state index contributed by atoms with van der Waals surface area (Å²) in [6.07, 6.45) is 3.57. The largest absolute Gasteiger partial charge is 0.395 e. The van der Waals surface area contributed by atoms with Crippen molar-refractivity contribution in [3.05, 3.63) is 30.1 Å². The van der Waals surface area contributed by atoms with E-state index in [4.69, 9.17) is 9.66 Å². The molecular weight excluding hydrogens is 206 g/mol. The lowest BCUT2D eigenvalue weighted by molar-refractivity contribution is 0.315. The molecule has 0 aliphatic rings. The van der Waals surface area contributed by atoms with Crippen LogP contribution in [0.1, 0.15) is 5.56 Å². The summed E-state index contributed by atoms with van der Waals surface area (Å²) in [5, 5.41) is 7.86. The Morgan fingerprint density at radius 2 is 1.86 bits per heavy atom. The number of hydrogen-bond donors (Lipinski definition) is 2. The van der Waals surface area contributed by atoms with E-state index in [1.807, 2.05) is 19.1 Å². The van der Waals surface area contributed by atoms with E-state index in [9.17, 15) is 8.42 Å². The molecule has 0 fully saturated rings. The molecule has 0 unspecified atom stereocenters. The van der Waals surface area contributed by atoms with Gasteiger partial charge in [-0.05, 0) is 24.6 Å². The van der Waals surface area contributed by atoms with E-state index in [0.29, 0.717) is 0 Å². The minimum absolute atomic E-state index is 0.529. The molecule has 1 heterocycles. The summed E-state index contributed by atoms with van der Waals surface area (Å²) in [5.41, 5.74) is 1.26. The summed E-state index contributed by atoms with van der Waals surface area (Å²) in [5.74, 6) is -0.576. The van der Waals surface area contributed by atoms with E-state index >= 15 is 0 Å². The van der Waals surface area contributed by atoms with Crippen LogP contribution in [-0.2, 0) is 10.1 Å². The zero-order chi connectivity index (χ0) is 11.0. The highest BCUT2D eigenvalue weighted by Gasteiger charge is 1.99. The predicted octanol–water partition coefficient (Wildman–Crippen LogP) is 0.257. The van der Waals surface area contributed by atoms with Crippen molar-refractivity contribution in [2.24, 2.45) is 0 Å². The number of pyridine rings is 1. The number of nitrogens with zero attached hydrogens (tertiary/aromatic N) is 1. The first kappa shape index (κ1) is 13.0. The van der Waals surface area contributed by atoms with Crippen molar-refractivity contribution in [2.45, 2.75) is 6.92 Å². The third kappa shape index (κ3) is 9.11. The molecule has 5 nitrogen and oxygen atoms in total. The standard InChI is InChI=1S/C6H7N.C2H6O4S/c1-6-2-4-7-5-3-6;3-1-2-7(4,5)6/h2-5H,1H3;3H,1-2H2,(H,4,5,6). The van der Waals surface area contributed by atoms with Gasteiger partial charge in [-0.15, -0.1) is 0 Å². The fourth-order valence-electron chi connectivity index (χ4n) is 0.542. The molecule has 0 aliphatic heterocycles. The Morgan fingerprint density at radius 3 is 2.00 bits per heavy atom. The highest BCUT2D eigenvalue weighted by molar-refractivity contribution is 7.85. The van der Waals surface area contributed by atoms with E-state index in [1.165, 1.54) is 5.56 Å². The van der Waals surface area contributed by atoms with E-state index in [-0.39, 0.29) is 0 Å². The number of aryl methyl sites for hydroxylation is 1. The average molecular weight is 219 g/mol. The van der Waals surface area contributed by atoms with E-state index in [0.717, 1.165) is 0 Å². The Morgan fingerprint density at radius 1 is 1.36 bits per heavy atom. The van der Waals surface area contributed by atoms with Crippen LogP contribution in [0.2, 0.25) is 0 Å². The van der Waals surface area contributed by atoms with E-state index in [2.05, 4.69) is 4.98 Å². The third-order valence-corrected chi connectivity index (χ3v) is 1.89. The zero-order valence-electron chi connectivity index (χ0n) is 7.79. The summed E-state index contributed by atoms with van der Waals surface area (Å²) < 4.78 is 27.1. The molecule has 0 saturated carbocycles. The fourth-order valence-corrected chi connectivity index (χ4v) is 0.773. The first-order chi connectivity index (χ1) is 6.45. The lowest BCUT2D eigenvalue weighted by Gasteiger charge is -1.85. The van der Waals surface area contributed by atoms with Gasteiger partial charge in [0.25, 0.3) is 10.1 Å². The first-order valence-electron chi connectivity index (χ1n) is 3.88. The molecule has 0 bridgehead atoms. The fraction of sp³-hybridized carbons (Fsp3) is 0.375. The molecule has 0 amide bonds. The molecule has 14 heavy (non-hydrogen) atoms. The Balaban J connectivity index is 0.000000241. The highest BCUT2D eigenvalue weighted by atomic mass is 32.2. The Hall–Kier alpha value is -0.980. The quantitative estimate of drug-likeness (QED) is 0.696.